The number of carbonyl (C=O) groups is 1. The molecule has 1 aromatic heterocycles. The Kier molecular flexibility index (Phi) is 4.24. The lowest BCUT2D eigenvalue weighted by Gasteiger charge is -2.21. The van der Waals surface area contributed by atoms with E-state index in [2.05, 4.69) is 48.3 Å². The molecule has 1 aliphatic heterocycles. The van der Waals surface area contributed by atoms with Gasteiger partial charge < -0.3 is 4.90 Å². The lowest BCUT2D eigenvalue weighted by atomic mass is 9.96. The van der Waals surface area contributed by atoms with Gasteiger partial charge in [-0.2, -0.15) is 5.10 Å². The first-order valence-corrected chi connectivity index (χ1v) is 8.32. The highest BCUT2D eigenvalue weighted by atomic mass is 16.2. The van der Waals surface area contributed by atoms with E-state index in [1.165, 1.54) is 11.1 Å². The molecule has 1 N–H and O–H groups in total. The topological polar surface area (TPSA) is 49.0 Å². The zero-order valence-corrected chi connectivity index (χ0v) is 14.4. The van der Waals surface area contributed by atoms with Crippen LogP contribution < -0.4 is 0 Å². The number of hydrogen-bond acceptors (Lipinski definition) is 2. The molecule has 23 heavy (non-hydrogen) atoms. The fourth-order valence-corrected chi connectivity index (χ4v) is 3.55. The van der Waals surface area contributed by atoms with Crippen LogP contribution in [0.25, 0.3) is 0 Å². The van der Waals surface area contributed by atoms with Gasteiger partial charge in [-0.1, -0.05) is 29.8 Å². The molecule has 1 fully saturated rings. The second-order valence-corrected chi connectivity index (χ2v) is 6.83. The van der Waals surface area contributed by atoms with E-state index in [9.17, 15) is 4.79 Å². The van der Waals surface area contributed by atoms with Crippen LogP contribution in [-0.2, 0) is 11.2 Å². The van der Waals surface area contributed by atoms with Crippen LogP contribution in [0.4, 0.5) is 0 Å². The summed E-state index contributed by atoms with van der Waals surface area (Å²) in [5, 5.41) is 7.15. The minimum Gasteiger partial charge on any atom is -0.339 e. The van der Waals surface area contributed by atoms with Crippen molar-refractivity contribution in [1.29, 1.82) is 0 Å². The van der Waals surface area contributed by atoms with Crippen LogP contribution in [0.3, 0.4) is 0 Å². The summed E-state index contributed by atoms with van der Waals surface area (Å²) in [5.41, 5.74) is 5.59. The van der Waals surface area contributed by atoms with Gasteiger partial charge in [0.2, 0.25) is 5.91 Å². The van der Waals surface area contributed by atoms with Gasteiger partial charge in [0.05, 0.1) is 12.1 Å². The molecular weight excluding hydrogens is 286 g/mol. The van der Waals surface area contributed by atoms with Crippen molar-refractivity contribution in [3.8, 4) is 0 Å². The highest BCUT2D eigenvalue weighted by molar-refractivity contribution is 5.80. The second kappa shape index (κ2) is 6.19. The van der Waals surface area contributed by atoms with E-state index in [0.717, 1.165) is 29.9 Å². The maximum absolute atomic E-state index is 12.7. The van der Waals surface area contributed by atoms with Crippen LogP contribution in [0.15, 0.2) is 24.3 Å². The minimum atomic E-state index is 0.208. The number of aromatic nitrogens is 2. The van der Waals surface area contributed by atoms with E-state index in [1.54, 1.807) is 0 Å². The number of benzene rings is 1. The Morgan fingerprint density at radius 3 is 2.57 bits per heavy atom. The predicted octanol–water partition coefficient (Wildman–Crippen LogP) is 3.28. The molecule has 4 heteroatoms. The lowest BCUT2D eigenvalue weighted by Crippen LogP contribution is -2.35. The fourth-order valence-electron chi connectivity index (χ4n) is 3.55. The summed E-state index contributed by atoms with van der Waals surface area (Å²) in [6.07, 6.45) is 1.48. The third-order valence-electron chi connectivity index (χ3n) is 5.05. The molecule has 2 heterocycles. The Morgan fingerprint density at radius 2 is 1.96 bits per heavy atom. The van der Waals surface area contributed by atoms with Crippen LogP contribution >= 0.6 is 0 Å². The van der Waals surface area contributed by atoms with Crippen molar-refractivity contribution in [3.05, 3.63) is 52.3 Å². The number of carbonyl (C=O) groups excluding carboxylic acids is 1. The highest BCUT2D eigenvalue weighted by Gasteiger charge is 2.33. The first-order valence-electron chi connectivity index (χ1n) is 8.32. The number of nitrogens with one attached hydrogen (secondary N) is 1. The molecule has 0 spiro atoms. The smallest absolute Gasteiger partial charge is 0.227 e. The number of aryl methyl sites for hydroxylation is 3. The number of nitrogens with zero attached hydrogens (tertiary/aromatic N) is 2. The molecule has 0 aliphatic carbocycles. The van der Waals surface area contributed by atoms with Gasteiger partial charge in [0, 0.05) is 29.8 Å². The van der Waals surface area contributed by atoms with Crippen molar-refractivity contribution in [1.82, 2.24) is 15.1 Å². The number of H-pyrrole nitrogens is 1. The molecule has 3 rings (SSSR count). The molecule has 1 aromatic carbocycles. The Morgan fingerprint density at radius 1 is 1.26 bits per heavy atom. The molecule has 122 valence electrons. The molecule has 4 nitrogen and oxygen atoms in total. The van der Waals surface area contributed by atoms with E-state index >= 15 is 0 Å². The SMILES string of the molecule is Cc1ccc(C2CC(C)N(C(=O)Cc3c(C)n[nH]c3C)C2)cc1. The van der Waals surface area contributed by atoms with Gasteiger partial charge in [-0.3, -0.25) is 9.89 Å². The van der Waals surface area contributed by atoms with Crippen molar-refractivity contribution in [2.45, 2.75) is 52.5 Å². The van der Waals surface area contributed by atoms with Crippen molar-refractivity contribution in [2.24, 2.45) is 0 Å². The summed E-state index contributed by atoms with van der Waals surface area (Å²) in [7, 11) is 0. The largest absolute Gasteiger partial charge is 0.339 e. The molecule has 2 unspecified atom stereocenters. The first-order chi connectivity index (χ1) is 11.0. The van der Waals surface area contributed by atoms with Gasteiger partial charge in [0.15, 0.2) is 0 Å². The van der Waals surface area contributed by atoms with E-state index in [4.69, 9.17) is 0 Å². The quantitative estimate of drug-likeness (QED) is 0.945. The van der Waals surface area contributed by atoms with Crippen molar-refractivity contribution in [2.75, 3.05) is 6.54 Å². The number of aromatic amines is 1. The number of rotatable bonds is 3. The van der Waals surface area contributed by atoms with Gasteiger partial charge in [0.1, 0.15) is 0 Å². The maximum Gasteiger partial charge on any atom is 0.227 e. The number of hydrogen-bond donors (Lipinski definition) is 1. The Hall–Kier alpha value is -2.10. The zero-order chi connectivity index (χ0) is 16.6. The normalized spacial score (nSPS) is 21.0. The van der Waals surface area contributed by atoms with E-state index in [1.807, 2.05) is 18.7 Å². The van der Waals surface area contributed by atoms with E-state index in [0.29, 0.717) is 18.4 Å². The molecule has 0 bridgehead atoms. The number of amides is 1. The van der Waals surface area contributed by atoms with E-state index < -0.39 is 0 Å². The minimum absolute atomic E-state index is 0.208. The van der Waals surface area contributed by atoms with Crippen molar-refractivity contribution < 1.29 is 4.79 Å². The van der Waals surface area contributed by atoms with Gasteiger partial charge in [-0.05, 0) is 39.7 Å². The Bertz CT molecular complexity index is 682. The monoisotopic (exact) mass is 311 g/mol. The molecular formula is C19H25N3O. The molecule has 0 radical (unpaired) electrons. The summed E-state index contributed by atoms with van der Waals surface area (Å²) in [6.45, 7) is 9.01. The second-order valence-electron chi connectivity index (χ2n) is 6.83. The fraction of sp³-hybridized carbons (Fsp3) is 0.474. The molecule has 2 aromatic rings. The number of likely N-dealkylation sites (tertiary alicyclic amines) is 1. The first kappa shape index (κ1) is 15.8. The molecule has 0 saturated carbocycles. The molecule has 1 amide bonds. The van der Waals surface area contributed by atoms with Crippen LogP contribution in [0.5, 0.6) is 0 Å². The summed E-state index contributed by atoms with van der Waals surface area (Å²) in [6, 6.07) is 9.00. The van der Waals surface area contributed by atoms with Gasteiger partial charge >= 0.3 is 0 Å². The Balaban J connectivity index is 1.71. The average Bonchev–Trinajstić information content (AvgIpc) is 3.05. The summed E-state index contributed by atoms with van der Waals surface area (Å²) in [4.78, 5) is 14.8. The Labute approximate surface area is 137 Å². The maximum atomic E-state index is 12.7. The molecule has 1 saturated heterocycles. The highest BCUT2D eigenvalue weighted by Crippen LogP contribution is 2.32. The van der Waals surface area contributed by atoms with Gasteiger partial charge in [0.25, 0.3) is 0 Å². The van der Waals surface area contributed by atoms with Gasteiger partial charge in [-0.15, -0.1) is 0 Å². The predicted molar refractivity (Wildman–Crippen MR) is 91.5 cm³/mol. The molecule has 2 atom stereocenters. The standard InChI is InChI=1S/C19H25N3O/c1-12-5-7-16(8-6-12)17-9-13(2)22(11-17)19(23)10-18-14(3)20-21-15(18)4/h5-8,13,17H,9-11H2,1-4H3,(H,20,21). The van der Waals surface area contributed by atoms with Crippen LogP contribution in [0.1, 0.15) is 47.3 Å². The van der Waals surface area contributed by atoms with Crippen molar-refractivity contribution in [3.63, 3.8) is 0 Å². The van der Waals surface area contributed by atoms with Crippen LogP contribution in [0, 0.1) is 20.8 Å². The summed E-state index contributed by atoms with van der Waals surface area (Å²) in [5.74, 6) is 0.654. The zero-order valence-electron chi connectivity index (χ0n) is 14.4. The third kappa shape index (κ3) is 3.16. The third-order valence-corrected chi connectivity index (χ3v) is 5.05. The van der Waals surface area contributed by atoms with E-state index in [-0.39, 0.29) is 5.91 Å². The molecule has 1 aliphatic rings. The summed E-state index contributed by atoms with van der Waals surface area (Å²) < 4.78 is 0. The summed E-state index contributed by atoms with van der Waals surface area (Å²) >= 11 is 0. The lowest BCUT2D eigenvalue weighted by molar-refractivity contribution is -0.131. The van der Waals surface area contributed by atoms with Crippen molar-refractivity contribution >= 4 is 5.91 Å². The van der Waals surface area contributed by atoms with Crippen LogP contribution in [0.2, 0.25) is 0 Å². The van der Waals surface area contributed by atoms with Crippen LogP contribution in [-0.4, -0.2) is 33.6 Å². The van der Waals surface area contributed by atoms with Gasteiger partial charge in [-0.25, -0.2) is 0 Å². The average molecular weight is 311 g/mol.